The number of anilines is 1. The summed E-state index contributed by atoms with van der Waals surface area (Å²) < 4.78 is 73.6. The molecule has 0 radical (unpaired) electrons. The summed E-state index contributed by atoms with van der Waals surface area (Å²) >= 11 is 5.78. The van der Waals surface area contributed by atoms with Gasteiger partial charge in [-0.25, -0.2) is 22.3 Å². The maximum Gasteiger partial charge on any atom is 0.387 e. The number of halogens is 4. The van der Waals surface area contributed by atoms with Crippen molar-refractivity contribution in [2.45, 2.75) is 11.5 Å². The number of ether oxygens (including phenoxy) is 2. The van der Waals surface area contributed by atoms with E-state index >= 15 is 0 Å². The predicted molar refractivity (Wildman–Crippen MR) is 109 cm³/mol. The Morgan fingerprint density at radius 2 is 1.91 bits per heavy atom. The maximum atomic E-state index is 13.9. The van der Waals surface area contributed by atoms with Gasteiger partial charge in [-0.1, -0.05) is 17.7 Å². The molecule has 32 heavy (non-hydrogen) atoms. The Morgan fingerprint density at radius 1 is 1.19 bits per heavy atom. The van der Waals surface area contributed by atoms with Crippen molar-refractivity contribution in [3.63, 3.8) is 0 Å². The Labute approximate surface area is 186 Å². The predicted octanol–water partition coefficient (Wildman–Crippen LogP) is 3.34. The van der Waals surface area contributed by atoms with Crippen molar-refractivity contribution in [3.8, 4) is 5.75 Å². The Morgan fingerprint density at radius 3 is 2.53 bits per heavy atom. The second-order valence-electron chi connectivity index (χ2n) is 5.93. The van der Waals surface area contributed by atoms with Crippen LogP contribution in [0.1, 0.15) is 10.4 Å². The zero-order valence-corrected chi connectivity index (χ0v) is 17.7. The highest BCUT2D eigenvalue weighted by Crippen LogP contribution is 2.29. The van der Waals surface area contributed by atoms with E-state index in [2.05, 4.69) is 21.4 Å². The van der Waals surface area contributed by atoms with Gasteiger partial charge in [0.05, 0.1) is 10.6 Å². The van der Waals surface area contributed by atoms with Crippen LogP contribution in [0, 0.1) is 5.82 Å². The van der Waals surface area contributed by atoms with Crippen LogP contribution in [0.2, 0.25) is 5.02 Å². The molecule has 1 amide bonds. The maximum absolute atomic E-state index is 13.9. The van der Waals surface area contributed by atoms with E-state index in [-0.39, 0.29) is 28.6 Å². The number of alkyl halides is 2. The van der Waals surface area contributed by atoms with Gasteiger partial charge in [0.15, 0.2) is 6.61 Å². The molecule has 0 atom stereocenters. The SMILES string of the molecule is C=CCNS(=O)(=O)c1cc(C(=O)OCC(=O)Nc2ccc(OC(F)F)c(Cl)c2)ccc1F. The van der Waals surface area contributed by atoms with Gasteiger partial charge in [-0.2, -0.15) is 8.78 Å². The highest BCUT2D eigenvalue weighted by molar-refractivity contribution is 7.89. The van der Waals surface area contributed by atoms with Crippen LogP contribution < -0.4 is 14.8 Å². The summed E-state index contributed by atoms with van der Waals surface area (Å²) in [6, 6.07) is 6.01. The molecule has 0 aliphatic carbocycles. The molecule has 0 spiro atoms. The number of carbonyl (C=O) groups excluding carboxylic acids is 2. The number of amides is 1. The largest absolute Gasteiger partial charge is 0.452 e. The van der Waals surface area contributed by atoms with E-state index < -0.39 is 45.8 Å². The van der Waals surface area contributed by atoms with Crippen molar-refractivity contribution in [1.82, 2.24) is 4.72 Å². The quantitative estimate of drug-likeness (QED) is 0.389. The highest BCUT2D eigenvalue weighted by atomic mass is 35.5. The first-order valence-electron chi connectivity index (χ1n) is 8.65. The fraction of sp³-hybridized carbons (Fsp3) is 0.158. The van der Waals surface area contributed by atoms with Gasteiger partial charge >= 0.3 is 12.6 Å². The monoisotopic (exact) mass is 492 g/mol. The summed E-state index contributed by atoms with van der Waals surface area (Å²) in [7, 11) is -4.25. The molecule has 8 nitrogen and oxygen atoms in total. The molecule has 2 aromatic carbocycles. The van der Waals surface area contributed by atoms with Crippen LogP contribution in [-0.4, -0.2) is 40.1 Å². The fourth-order valence-electron chi connectivity index (χ4n) is 2.26. The smallest absolute Gasteiger partial charge is 0.387 e. The molecule has 0 saturated carbocycles. The van der Waals surface area contributed by atoms with Gasteiger partial charge < -0.3 is 14.8 Å². The molecule has 0 aromatic heterocycles. The average Bonchev–Trinajstić information content (AvgIpc) is 2.72. The number of rotatable bonds is 10. The van der Waals surface area contributed by atoms with E-state index in [1.807, 2.05) is 0 Å². The molecule has 2 N–H and O–H groups in total. The molecular formula is C19H16ClF3N2O6S. The van der Waals surface area contributed by atoms with Crippen molar-refractivity contribution < 1.29 is 40.7 Å². The minimum absolute atomic E-state index is 0.112. The lowest BCUT2D eigenvalue weighted by Crippen LogP contribution is -2.25. The Balaban J connectivity index is 2.02. The minimum atomic E-state index is -4.25. The summed E-state index contributed by atoms with van der Waals surface area (Å²) in [6.45, 7) is -0.671. The Kier molecular flexibility index (Phi) is 8.63. The van der Waals surface area contributed by atoms with Gasteiger partial charge in [-0.15, -0.1) is 6.58 Å². The van der Waals surface area contributed by atoms with Gasteiger partial charge in [0.1, 0.15) is 16.5 Å². The van der Waals surface area contributed by atoms with Crippen molar-refractivity contribution in [2.75, 3.05) is 18.5 Å². The first-order chi connectivity index (χ1) is 15.0. The second-order valence-corrected chi connectivity index (χ2v) is 8.08. The first-order valence-corrected chi connectivity index (χ1v) is 10.5. The summed E-state index contributed by atoms with van der Waals surface area (Å²) in [5.74, 6) is -3.28. The molecule has 172 valence electrons. The fourth-order valence-corrected chi connectivity index (χ4v) is 3.59. The van der Waals surface area contributed by atoms with Crippen molar-refractivity contribution >= 4 is 39.2 Å². The van der Waals surface area contributed by atoms with E-state index in [0.717, 1.165) is 30.3 Å². The van der Waals surface area contributed by atoms with Crippen LogP contribution in [0.4, 0.5) is 18.9 Å². The molecule has 0 unspecified atom stereocenters. The van der Waals surface area contributed by atoms with Crippen LogP contribution in [-0.2, 0) is 19.6 Å². The molecule has 0 fully saturated rings. The van der Waals surface area contributed by atoms with Crippen LogP contribution in [0.15, 0.2) is 53.9 Å². The van der Waals surface area contributed by atoms with E-state index in [1.54, 1.807) is 0 Å². The third kappa shape index (κ3) is 6.97. The van der Waals surface area contributed by atoms with Crippen molar-refractivity contribution in [2.24, 2.45) is 0 Å². The zero-order valence-electron chi connectivity index (χ0n) is 16.1. The second kappa shape index (κ2) is 11.0. The van der Waals surface area contributed by atoms with E-state index in [0.29, 0.717) is 0 Å². The number of hydrogen-bond donors (Lipinski definition) is 2. The average molecular weight is 493 g/mol. The van der Waals surface area contributed by atoms with E-state index in [9.17, 15) is 31.2 Å². The number of carbonyl (C=O) groups is 2. The van der Waals surface area contributed by atoms with E-state index in [4.69, 9.17) is 16.3 Å². The van der Waals surface area contributed by atoms with Gasteiger partial charge in [-0.05, 0) is 36.4 Å². The molecule has 0 heterocycles. The van der Waals surface area contributed by atoms with Crippen molar-refractivity contribution in [3.05, 3.63) is 65.5 Å². The number of nitrogens with one attached hydrogen (secondary N) is 2. The lowest BCUT2D eigenvalue weighted by Gasteiger charge is -2.10. The molecule has 0 aliphatic rings. The van der Waals surface area contributed by atoms with Crippen molar-refractivity contribution in [1.29, 1.82) is 0 Å². The van der Waals surface area contributed by atoms with Gasteiger partial charge in [0.2, 0.25) is 10.0 Å². The molecule has 13 heteroatoms. The van der Waals surface area contributed by atoms with Gasteiger partial charge in [0, 0.05) is 12.2 Å². The zero-order chi connectivity index (χ0) is 23.9. The lowest BCUT2D eigenvalue weighted by molar-refractivity contribution is -0.119. The summed E-state index contributed by atoms with van der Waals surface area (Å²) in [5.41, 5.74) is -0.198. The molecule has 0 aliphatic heterocycles. The molecule has 0 bridgehead atoms. The third-order valence-electron chi connectivity index (χ3n) is 3.64. The van der Waals surface area contributed by atoms with E-state index in [1.165, 1.54) is 12.1 Å². The first kappa shape index (κ1) is 25.2. The molecule has 2 aromatic rings. The minimum Gasteiger partial charge on any atom is -0.452 e. The lowest BCUT2D eigenvalue weighted by atomic mass is 10.2. The number of benzene rings is 2. The molecule has 0 saturated heterocycles. The number of esters is 1. The normalized spacial score (nSPS) is 11.2. The number of sulfonamides is 1. The van der Waals surface area contributed by atoms with Crippen LogP contribution >= 0.6 is 11.6 Å². The highest BCUT2D eigenvalue weighted by Gasteiger charge is 2.21. The standard InChI is InChI=1S/C19H16ClF3N2O6S/c1-2-7-24-32(28,29)16-8-11(3-5-14(16)21)18(27)30-10-17(26)25-12-4-6-15(13(20)9-12)31-19(22)23/h2-6,8-9,19,24H,1,7,10H2,(H,25,26). The van der Waals surface area contributed by atoms with Gasteiger partial charge in [-0.3, -0.25) is 4.79 Å². The summed E-state index contributed by atoms with van der Waals surface area (Å²) in [4.78, 5) is 23.3. The summed E-state index contributed by atoms with van der Waals surface area (Å²) in [5, 5.41) is 2.13. The Hall–Kier alpha value is -3.09. The molecule has 2 rings (SSSR count). The summed E-state index contributed by atoms with van der Waals surface area (Å²) in [6.07, 6.45) is 1.25. The Bertz CT molecular complexity index is 1130. The number of hydrogen-bond acceptors (Lipinski definition) is 6. The van der Waals surface area contributed by atoms with Crippen LogP contribution in [0.25, 0.3) is 0 Å². The third-order valence-corrected chi connectivity index (χ3v) is 5.37. The topological polar surface area (TPSA) is 111 Å². The van der Waals surface area contributed by atoms with Crippen LogP contribution in [0.5, 0.6) is 5.75 Å². The molecular weight excluding hydrogens is 477 g/mol. The van der Waals surface area contributed by atoms with Gasteiger partial charge in [0.25, 0.3) is 5.91 Å². The van der Waals surface area contributed by atoms with Crippen LogP contribution in [0.3, 0.4) is 0 Å².